The normalized spacial score (nSPS) is 12.3. The van der Waals surface area contributed by atoms with Crippen molar-refractivity contribution in [1.29, 1.82) is 0 Å². The molecule has 1 heterocycles. The highest BCUT2D eigenvalue weighted by Gasteiger charge is 2.09. The molecule has 0 bridgehead atoms. The summed E-state index contributed by atoms with van der Waals surface area (Å²) in [5.74, 6) is -0.912. The number of hydrogen-bond acceptors (Lipinski definition) is 4. The third kappa shape index (κ3) is 2.59. The quantitative estimate of drug-likeness (QED) is 0.788. The fourth-order valence-electron chi connectivity index (χ4n) is 1.63. The Morgan fingerprint density at radius 1 is 1.28 bits per heavy atom. The molecule has 1 aromatic heterocycles. The van der Waals surface area contributed by atoms with Crippen molar-refractivity contribution < 1.29 is 15.0 Å². The number of benzene rings is 1. The molecule has 4 N–H and O–H groups in total. The lowest BCUT2D eigenvalue weighted by atomic mass is 10.0. The number of nitrogens with two attached hydrogens (primary N) is 1. The van der Waals surface area contributed by atoms with Gasteiger partial charge in [0.15, 0.2) is 0 Å². The summed E-state index contributed by atoms with van der Waals surface area (Å²) < 4.78 is 0. The number of carboxylic acids is 1. The van der Waals surface area contributed by atoms with Crippen LogP contribution in [0.15, 0.2) is 35.7 Å². The third-order valence-corrected chi connectivity index (χ3v) is 3.60. The number of rotatable bonds is 4. The molecule has 4 nitrogen and oxygen atoms in total. The monoisotopic (exact) mass is 263 g/mol. The predicted octanol–water partition coefficient (Wildman–Crippen LogP) is 2.11. The SMILES string of the molecule is N[C@H](CO)c1ccc(-c2csc(C(=O)O)c2)cc1. The summed E-state index contributed by atoms with van der Waals surface area (Å²) in [4.78, 5) is 11.1. The fraction of sp³-hybridized carbons (Fsp3) is 0.154. The van der Waals surface area contributed by atoms with E-state index in [-0.39, 0.29) is 12.6 Å². The highest BCUT2D eigenvalue weighted by molar-refractivity contribution is 7.12. The maximum absolute atomic E-state index is 10.8. The van der Waals surface area contributed by atoms with Gasteiger partial charge in [-0.1, -0.05) is 24.3 Å². The molecule has 0 spiro atoms. The molecule has 0 saturated carbocycles. The summed E-state index contributed by atoms with van der Waals surface area (Å²) in [6.45, 7) is -0.0963. The van der Waals surface area contributed by atoms with Crippen molar-refractivity contribution in [3.63, 3.8) is 0 Å². The van der Waals surface area contributed by atoms with Crippen molar-refractivity contribution in [3.8, 4) is 11.1 Å². The second-order valence-electron chi connectivity index (χ2n) is 3.92. The Morgan fingerprint density at radius 3 is 2.44 bits per heavy atom. The van der Waals surface area contributed by atoms with Crippen molar-refractivity contribution in [3.05, 3.63) is 46.2 Å². The van der Waals surface area contributed by atoms with E-state index in [9.17, 15) is 4.79 Å². The van der Waals surface area contributed by atoms with Gasteiger partial charge in [0.25, 0.3) is 0 Å². The van der Waals surface area contributed by atoms with Crippen LogP contribution in [-0.2, 0) is 0 Å². The van der Waals surface area contributed by atoms with Crippen LogP contribution in [-0.4, -0.2) is 22.8 Å². The van der Waals surface area contributed by atoms with Crippen LogP contribution in [0.2, 0.25) is 0 Å². The van der Waals surface area contributed by atoms with Crippen LogP contribution in [0.5, 0.6) is 0 Å². The second-order valence-corrected chi connectivity index (χ2v) is 4.83. The average Bonchev–Trinajstić information content (AvgIpc) is 2.88. The lowest BCUT2D eigenvalue weighted by Crippen LogP contribution is -2.14. The number of carbonyl (C=O) groups is 1. The molecular weight excluding hydrogens is 250 g/mol. The van der Waals surface area contributed by atoms with Gasteiger partial charge in [-0.2, -0.15) is 0 Å². The first kappa shape index (κ1) is 12.8. The van der Waals surface area contributed by atoms with E-state index in [0.717, 1.165) is 16.7 Å². The molecule has 0 unspecified atom stereocenters. The molecule has 1 atom stereocenters. The van der Waals surface area contributed by atoms with Crippen molar-refractivity contribution in [1.82, 2.24) is 0 Å². The Balaban J connectivity index is 2.25. The predicted molar refractivity (Wildman–Crippen MR) is 70.7 cm³/mol. The van der Waals surface area contributed by atoms with Gasteiger partial charge in [0.05, 0.1) is 12.6 Å². The molecule has 1 aromatic carbocycles. The van der Waals surface area contributed by atoms with E-state index in [4.69, 9.17) is 15.9 Å². The number of thiophene rings is 1. The first-order valence-corrected chi connectivity index (χ1v) is 6.28. The van der Waals surface area contributed by atoms with E-state index in [1.165, 1.54) is 11.3 Å². The van der Waals surface area contributed by atoms with E-state index >= 15 is 0 Å². The van der Waals surface area contributed by atoms with Crippen LogP contribution >= 0.6 is 11.3 Å². The van der Waals surface area contributed by atoms with Gasteiger partial charge < -0.3 is 15.9 Å². The molecule has 18 heavy (non-hydrogen) atoms. The maximum Gasteiger partial charge on any atom is 0.345 e. The molecule has 0 saturated heterocycles. The lowest BCUT2D eigenvalue weighted by Gasteiger charge is -2.08. The average molecular weight is 263 g/mol. The first-order chi connectivity index (χ1) is 8.61. The minimum Gasteiger partial charge on any atom is -0.477 e. The van der Waals surface area contributed by atoms with E-state index < -0.39 is 5.97 Å². The molecule has 2 rings (SSSR count). The maximum atomic E-state index is 10.8. The molecule has 2 aromatic rings. The minimum absolute atomic E-state index is 0.0963. The molecule has 0 amide bonds. The first-order valence-electron chi connectivity index (χ1n) is 5.40. The van der Waals surface area contributed by atoms with E-state index in [2.05, 4.69) is 0 Å². The summed E-state index contributed by atoms with van der Waals surface area (Å²) >= 11 is 1.20. The van der Waals surface area contributed by atoms with E-state index in [1.807, 2.05) is 29.6 Å². The Labute approximate surface area is 108 Å². The van der Waals surface area contributed by atoms with Crippen LogP contribution < -0.4 is 5.73 Å². The fourth-order valence-corrected chi connectivity index (χ4v) is 2.38. The van der Waals surface area contributed by atoms with Gasteiger partial charge in [0, 0.05) is 0 Å². The van der Waals surface area contributed by atoms with Crippen LogP contribution in [0.4, 0.5) is 0 Å². The standard InChI is InChI=1S/C13H13NO3S/c14-11(6-15)9-3-1-8(2-4-9)10-5-12(13(16)17)18-7-10/h1-5,7,11,15H,6,14H2,(H,16,17)/t11-/m1/s1. The van der Waals surface area contributed by atoms with Gasteiger partial charge in [0.1, 0.15) is 4.88 Å². The minimum atomic E-state index is -0.912. The van der Waals surface area contributed by atoms with Crippen molar-refractivity contribution in [2.45, 2.75) is 6.04 Å². The lowest BCUT2D eigenvalue weighted by molar-refractivity contribution is 0.0702. The second kappa shape index (κ2) is 5.30. The highest BCUT2D eigenvalue weighted by Crippen LogP contribution is 2.26. The van der Waals surface area contributed by atoms with E-state index in [0.29, 0.717) is 4.88 Å². The number of carboxylic acid groups (broad SMARTS) is 1. The Bertz CT molecular complexity index is 548. The molecule has 0 aliphatic heterocycles. The summed E-state index contributed by atoms with van der Waals surface area (Å²) in [7, 11) is 0. The smallest absolute Gasteiger partial charge is 0.345 e. The summed E-state index contributed by atoms with van der Waals surface area (Å²) in [5, 5.41) is 19.6. The van der Waals surface area contributed by atoms with Crippen LogP contribution in [0.3, 0.4) is 0 Å². The third-order valence-electron chi connectivity index (χ3n) is 2.68. The number of aliphatic hydroxyl groups excluding tert-OH is 1. The van der Waals surface area contributed by atoms with Crippen LogP contribution in [0.25, 0.3) is 11.1 Å². The number of aromatic carboxylic acids is 1. The molecular formula is C13H13NO3S. The molecule has 94 valence electrons. The van der Waals surface area contributed by atoms with Gasteiger partial charge in [-0.15, -0.1) is 11.3 Å². The van der Waals surface area contributed by atoms with Crippen molar-refractivity contribution >= 4 is 17.3 Å². The number of hydrogen-bond donors (Lipinski definition) is 3. The van der Waals surface area contributed by atoms with Crippen molar-refractivity contribution in [2.24, 2.45) is 5.73 Å². The van der Waals surface area contributed by atoms with Crippen LogP contribution in [0, 0.1) is 0 Å². The zero-order valence-electron chi connectivity index (χ0n) is 9.54. The summed E-state index contributed by atoms with van der Waals surface area (Å²) in [6.07, 6.45) is 0. The van der Waals surface area contributed by atoms with Gasteiger partial charge in [-0.3, -0.25) is 0 Å². The Hall–Kier alpha value is -1.69. The summed E-state index contributed by atoms with van der Waals surface area (Å²) in [5.41, 5.74) is 8.37. The van der Waals surface area contributed by atoms with Crippen molar-refractivity contribution in [2.75, 3.05) is 6.61 Å². The molecule has 5 heteroatoms. The molecule has 0 aliphatic rings. The zero-order valence-corrected chi connectivity index (χ0v) is 10.4. The van der Waals surface area contributed by atoms with Gasteiger partial charge in [-0.05, 0) is 28.1 Å². The number of aliphatic hydroxyl groups is 1. The van der Waals surface area contributed by atoms with Gasteiger partial charge in [-0.25, -0.2) is 4.79 Å². The Morgan fingerprint density at radius 2 is 1.94 bits per heavy atom. The van der Waals surface area contributed by atoms with Crippen LogP contribution in [0.1, 0.15) is 21.3 Å². The largest absolute Gasteiger partial charge is 0.477 e. The van der Waals surface area contributed by atoms with Gasteiger partial charge >= 0.3 is 5.97 Å². The summed E-state index contributed by atoms with van der Waals surface area (Å²) in [6, 6.07) is 8.70. The zero-order chi connectivity index (χ0) is 13.1. The molecule has 0 radical (unpaired) electrons. The topological polar surface area (TPSA) is 83.5 Å². The molecule has 0 fully saturated rings. The molecule has 0 aliphatic carbocycles. The van der Waals surface area contributed by atoms with Gasteiger partial charge in [0.2, 0.25) is 0 Å². The highest BCUT2D eigenvalue weighted by atomic mass is 32.1. The van der Waals surface area contributed by atoms with E-state index in [1.54, 1.807) is 6.07 Å². The Kier molecular flexibility index (Phi) is 3.76.